The summed E-state index contributed by atoms with van der Waals surface area (Å²) in [7, 11) is -4.67. The van der Waals surface area contributed by atoms with Gasteiger partial charge in [0.25, 0.3) is 0 Å². The van der Waals surface area contributed by atoms with E-state index in [2.05, 4.69) is 0 Å². The molecule has 0 saturated carbocycles. The largest absolute Gasteiger partial charge is 0.412 e. The van der Waals surface area contributed by atoms with E-state index >= 15 is 0 Å². The van der Waals surface area contributed by atoms with Gasteiger partial charge in [0.1, 0.15) is 0 Å². The Morgan fingerprint density at radius 2 is 0.800 bits per heavy atom. The van der Waals surface area contributed by atoms with Gasteiger partial charge < -0.3 is 21.9 Å². The molecular formula is H10BeO8S. The first-order valence-electron chi connectivity index (χ1n) is 0.698. The standard InChI is InChI=1S/Be.H2O4S.4H2O/c;1-5(2,3)4;;;;/h;(H2,1,2,3,4);4*1H2. The van der Waals surface area contributed by atoms with Gasteiger partial charge in [-0.3, -0.25) is 9.11 Å². The summed E-state index contributed by atoms with van der Waals surface area (Å²) in [6, 6.07) is 0. The molecule has 2 radical (unpaired) electrons. The molecule has 0 fully saturated rings. The van der Waals surface area contributed by atoms with Crippen molar-refractivity contribution in [3.63, 3.8) is 0 Å². The van der Waals surface area contributed by atoms with E-state index in [9.17, 15) is 0 Å². The van der Waals surface area contributed by atoms with Gasteiger partial charge in [-0.05, 0) is 0 Å². The van der Waals surface area contributed by atoms with E-state index in [0.29, 0.717) is 0 Å². The molecule has 10 heteroatoms. The third-order valence-electron chi connectivity index (χ3n) is 0. The molecule has 0 heterocycles. The van der Waals surface area contributed by atoms with Gasteiger partial charge in [-0.15, -0.1) is 0 Å². The summed E-state index contributed by atoms with van der Waals surface area (Å²) in [5, 5.41) is 0. The molecule has 0 amide bonds. The zero-order valence-corrected chi connectivity index (χ0v) is 5.64. The van der Waals surface area contributed by atoms with Crippen LogP contribution in [0.5, 0.6) is 0 Å². The van der Waals surface area contributed by atoms with Crippen LogP contribution >= 0.6 is 0 Å². The first kappa shape index (κ1) is 51.8. The van der Waals surface area contributed by atoms with Crippen LogP contribution in [0.1, 0.15) is 0 Å². The molecule has 8 nitrogen and oxygen atoms in total. The first-order valence-corrected chi connectivity index (χ1v) is 2.10. The third-order valence-corrected chi connectivity index (χ3v) is 0. The van der Waals surface area contributed by atoms with Gasteiger partial charge in [0.2, 0.25) is 0 Å². The molecule has 0 aromatic rings. The molecule has 0 rings (SSSR count). The molecule has 0 aromatic heterocycles. The average molecular weight is 179 g/mol. The van der Waals surface area contributed by atoms with E-state index in [1.54, 1.807) is 0 Å². The van der Waals surface area contributed by atoms with Crippen LogP contribution in [0.3, 0.4) is 0 Å². The molecule has 0 aliphatic rings. The van der Waals surface area contributed by atoms with Crippen molar-refractivity contribution in [2.75, 3.05) is 0 Å². The Bertz CT molecular complexity index is 92.4. The molecule has 10 N–H and O–H groups in total. The molecule has 0 saturated heterocycles. The van der Waals surface area contributed by atoms with Gasteiger partial charge in [0.15, 0.2) is 0 Å². The van der Waals surface area contributed by atoms with Gasteiger partial charge in [0, 0.05) is 10.1 Å². The molecule has 0 aromatic carbocycles. The molecule has 0 aliphatic heterocycles. The Kier molecular flexibility index (Phi) is 82.5. The van der Waals surface area contributed by atoms with Crippen LogP contribution < -0.4 is 0 Å². The fourth-order valence-corrected chi connectivity index (χ4v) is 0. The summed E-state index contributed by atoms with van der Waals surface area (Å²) in [5.74, 6) is 0. The molecule has 0 bridgehead atoms. The maximum absolute atomic E-state index is 8.74. The van der Waals surface area contributed by atoms with Gasteiger partial charge in [-0.1, -0.05) is 0 Å². The maximum atomic E-state index is 8.74. The van der Waals surface area contributed by atoms with Crippen molar-refractivity contribution in [1.29, 1.82) is 0 Å². The molecule has 0 aliphatic carbocycles. The second-order valence-electron chi connectivity index (χ2n) is 0.448. The number of rotatable bonds is 0. The quantitative estimate of drug-likeness (QED) is 0.279. The van der Waals surface area contributed by atoms with Crippen molar-refractivity contribution in [1.82, 2.24) is 0 Å². The van der Waals surface area contributed by atoms with Crippen molar-refractivity contribution in [3.05, 3.63) is 0 Å². The Morgan fingerprint density at radius 1 is 0.800 bits per heavy atom. The van der Waals surface area contributed by atoms with E-state index in [1.165, 1.54) is 0 Å². The van der Waals surface area contributed by atoms with Gasteiger partial charge >= 0.3 is 10.4 Å². The zero-order valence-electron chi connectivity index (χ0n) is 4.83. The Morgan fingerprint density at radius 3 is 0.800 bits per heavy atom. The van der Waals surface area contributed by atoms with E-state index < -0.39 is 10.4 Å². The summed E-state index contributed by atoms with van der Waals surface area (Å²) >= 11 is 0. The predicted octanol–water partition coefficient (Wildman–Crippen LogP) is -4.33. The summed E-state index contributed by atoms with van der Waals surface area (Å²) in [6.07, 6.45) is 0. The monoisotopic (exact) mass is 179 g/mol. The summed E-state index contributed by atoms with van der Waals surface area (Å²) in [4.78, 5) is 0. The Labute approximate surface area is 60.9 Å². The third kappa shape index (κ3) is 25400. The van der Waals surface area contributed by atoms with Crippen LogP contribution in [0.15, 0.2) is 0 Å². The van der Waals surface area contributed by atoms with Crippen LogP contribution in [0.2, 0.25) is 0 Å². The van der Waals surface area contributed by atoms with Gasteiger partial charge in [0.05, 0.1) is 0 Å². The van der Waals surface area contributed by atoms with E-state index in [0.717, 1.165) is 0 Å². The number of hydrogen-bond acceptors (Lipinski definition) is 2. The second-order valence-corrected chi connectivity index (χ2v) is 1.34. The van der Waals surface area contributed by atoms with Crippen LogP contribution in [-0.4, -0.2) is 49.5 Å². The minimum atomic E-state index is -4.67. The minimum absolute atomic E-state index is 0. The van der Waals surface area contributed by atoms with Crippen molar-refractivity contribution in [2.24, 2.45) is 0 Å². The SMILES string of the molecule is O.O.O.O.O=S(=O)(O)O.[Be]. The smallest absolute Gasteiger partial charge is 0.394 e. The summed E-state index contributed by atoms with van der Waals surface area (Å²) < 4.78 is 31.6. The van der Waals surface area contributed by atoms with Crippen LogP contribution in [0.4, 0.5) is 0 Å². The molecule has 0 spiro atoms. The van der Waals surface area contributed by atoms with E-state index in [4.69, 9.17) is 17.5 Å². The summed E-state index contributed by atoms with van der Waals surface area (Å²) in [6.45, 7) is 0. The van der Waals surface area contributed by atoms with Crippen molar-refractivity contribution in [3.8, 4) is 0 Å². The average Bonchev–Trinajstić information content (AvgIpc) is 0.722. The second kappa shape index (κ2) is 15.9. The first-order chi connectivity index (χ1) is 2.00. The molecule has 66 valence electrons. The van der Waals surface area contributed by atoms with Crippen molar-refractivity contribution in [2.45, 2.75) is 0 Å². The van der Waals surface area contributed by atoms with E-state index in [-0.39, 0.29) is 32.0 Å². The molecule has 0 unspecified atom stereocenters. The minimum Gasteiger partial charge on any atom is -0.412 e. The van der Waals surface area contributed by atoms with Crippen LogP contribution in [0, 0.1) is 0 Å². The van der Waals surface area contributed by atoms with Gasteiger partial charge in [-0.2, -0.15) is 8.42 Å². The summed E-state index contributed by atoms with van der Waals surface area (Å²) in [5.41, 5.74) is 0. The fourth-order valence-electron chi connectivity index (χ4n) is 0. The molecule has 0 atom stereocenters. The molecule has 10 heavy (non-hydrogen) atoms. The van der Waals surface area contributed by atoms with Crippen molar-refractivity contribution >= 4 is 20.5 Å². The molecular weight excluding hydrogens is 169 g/mol. The predicted molar refractivity (Wildman–Crippen MR) is 34.4 cm³/mol. The Balaban J connectivity index is -0.00000000800. The zero-order chi connectivity index (χ0) is 4.50. The van der Waals surface area contributed by atoms with Crippen LogP contribution in [0.25, 0.3) is 0 Å². The Hall–Kier alpha value is -0.121. The van der Waals surface area contributed by atoms with E-state index in [1.807, 2.05) is 0 Å². The normalized spacial score (nSPS) is 5.80. The number of hydrogen-bond donors (Lipinski definition) is 2. The fraction of sp³-hybridized carbons (Fsp3) is 0. The van der Waals surface area contributed by atoms with Crippen LogP contribution in [-0.2, 0) is 10.4 Å². The van der Waals surface area contributed by atoms with Gasteiger partial charge in [-0.25, -0.2) is 0 Å². The topological polar surface area (TPSA) is 201 Å². The maximum Gasteiger partial charge on any atom is 0.394 e. The van der Waals surface area contributed by atoms with Crippen molar-refractivity contribution < 1.29 is 39.4 Å².